The molecule has 2 aromatic carbocycles. The van der Waals surface area contributed by atoms with Crippen LogP contribution < -0.4 is 10.1 Å². The van der Waals surface area contributed by atoms with E-state index in [0.717, 1.165) is 34.4 Å². The first kappa shape index (κ1) is 24.5. The number of para-hydroxylation sites is 1. The van der Waals surface area contributed by atoms with Crippen LogP contribution >= 0.6 is 24.0 Å². The number of amides is 2. The second kappa shape index (κ2) is 11.6. The van der Waals surface area contributed by atoms with Crippen molar-refractivity contribution in [2.75, 3.05) is 19.0 Å². The number of carbonyl (C=O) groups excluding carboxylic acids is 2. The van der Waals surface area contributed by atoms with E-state index >= 15 is 0 Å². The second-order valence-corrected chi connectivity index (χ2v) is 8.70. The molecule has 2 aromatic rings. The topological polar surface area (TPSA) is 95.9 Å². The Hall–Kier alpha value is -3.17. The molecular formula is C24H24N2O5S2. The molecule has 2 amide bonds. The molecule has 1 fully saturated rings. The van der Waals surface area contributed by atoms with Gasteiger partial charge in [0.25, 0.3) is 5.24 Å². The number of aromatic carboxylic acids is 1. The highest BCUT2D eigenvalue weighted by atomic mass is 32.2. The zero-order chi connectivity index (χ0) is 23.8. The molecule has 3 rings (SSSR count). The number of carboxylic acid groups (broad SMARTS) is 1. The molecule has 0 radical (unpaired) electrons. The summed E-state index contributed by atoms with van der Waals surface area (Å²) in [6.07, 6.45) is 4.23. The lowest BCUT2D eigenvalue weighted by Gasteiger charge is -2.14. The van der Waals surface area contributed by atoms with E-state index in [4.69, 9.17) is 17.0 Å². The second-order valence-electron chi connectivity index (χ2n) is 7.32. The maximum atomic E-state index is 12.4. The molecule has 2 N–H and O–H groups in total. The number of unbranched alkanes of at least 4 members (excludes halogenated alkanes) is 2. The molecule has 0 aliphatic carbocycles. The Labute approximate surface area is 201 Å². The number of methoxy groups -OCH3 is 1. The number of benzene rings is 2. The van der Waals surface area contributed by atoms with E-state index in [1.807, 2.05) is 30.3 Å². The zero-order valence-corrected chi connectivity index (χ0v) is 19.7. The van der Waals surface area contributed by atoms with Crippen molar-refractivity contribution >= 4 is 57.8 Å². The lowest BCUT2D eigenvalue weighted by atomic mass is 10.1. The van der Waals surface area contributed by atoms with Gasteiger partial charge in [-0.2, -0.15) is 0 Å². The molecule has 0 bridgehead atoms. The number of carbonyl (C=O) groups is 3. The van der Waals surface area contributed by atoms with Crippen LogP contribution in [0.1, 0.15) is 41.6 Å². The lowest BCUT2D eigenvalue weighted by Crippen LogP contribution is -2.28. The summed E-state index contributed by atoms with van der Waals surface area (Å²) in [6, 6.07) is 13.8. The van der Waals surface area contributed by atoms with Gasteiger partial charge < -0.3 is 15.2 Å². The van der Waals surface area contributed by atoms with Crippen molar-refractivity contribution in [1.29, 1.82) is 0 Å². The van der Waals surface area contributed by atoms with E-state index in [2.05, 4.69) is 5.32 Å². The maximum absolute atomic E-state index is 12.4. The number of carboxylic acids is 1. The van der Waals surface area contributed by atoms with Gasteiger partial charge in [0, 0.05) is 13.0 Å². The van der Waals surface area contributed by atoms with Crippen LogP contribution in [0.15, 0.2) is 53.4 Å². The number of anilines is 1. The quantitative estimate of drug-likeness (QED) is 0.264. The Balaban J connectivity index is 1.43. The molecule has 7 nitrogen and oxygen atoms in total. The van der Waals surface area contributed by atoms with Crippen LogP contribution in [0.25, 0.3) is 6.08 Å². The maximum Gasteiger partial charge on any atom is 0.337 e. The summed E-state index contributed by atoms with van der Waals surface area (Å²) in [5.41, 5.74) is 1.28. The standard InChI is InChI=1S/C24H24N2O5S2/c1-31-17-12-10-16(11-13-17)15-20-22(32)26(24(30)33-20)14-6-2-3-9-21(27)25-19-8-5-4-7-18(19)23(28)29/h4-5,7-8,10-13,15H,2-3,6,9,14H2,1H3,(H,25,27)(H,28,29). The number of nitrogens with one attached hydrogen (secondary N) is 1. The van der Waals surface area contributed by atoms with Crippen LogP contribution in [-0.4, -0.2) is 45.8 Å². The van der Waals surface area contributed by atoms with E-state index in [1.54, 1.807) is 30.2 Å². The monoisotopic (exact) mass is 484 g/mol. The van der Waals surface area contributed by atoms with E-state index in [-0.39, 0.29) is 28.8 Å². The highest BCUT2D eigenvalue weighted by molar-refractivity contribution is 8.19. The fraction of sp³-hybridized carbons (Fsp3) is 0.250. The van der Waals surface area contributed by atoms with Crippen molar-refractivity contribution in [2.45, 2.75) is 25.7 Å². The van der Waals surface area contributed by atoms with Gasteiger partial charge in [-0.05, 0) is 60.5 Å². The predicted octanol–water partition coefficient (Wildman–Crippen LogP) is 5.43. The van der Waals surface area contributed by atoms with Gasteiger partial charge in [0.05, 0.1) is 23.3 Å². The van der Waals surface area contributed by atoms with Gasteiger partial charge in [-0.15, -0.1) is 0 Å². The fourth-order valence-corrected chi connectivity index (χ4v) is 4.56. The highest BCUT2D eigenvalue weighted by Crippen LogP contribution is 2.33. The van der Waals surface area contributed by atoms with E-state index in [1.165, 1.54) is 6.07 Å². The molecule has 0 saturated carbocycles. The minimum absolute atomic E-state index is 0.0582. The summed E-state index contributed by atoms with van der Waals surface area (Å²) in [5, 5.41) is 11.7. The van der Waals surface area contributed by atoms with Gasteiger partial charge in [-0.25, -0.2) is 4.79 Å². The van der Waals surface area contributed by atoms with Crippen LogP contribution in [0, 0.1) is 0 Å². The SMILES string of the molecule is COc1ccc(C=C2SC(=O)N(CCCCCC(=O)Nc3ccccc3C(=O)O)C2=S)cc1. The number of thiocarbonyl (C=S) groups is 1. The Kier molecular flexibility index (Phi) is 8.62. The number of ether oxygens (including phenoxy) is 1. The first-order chi connectivity index (χ1) is 15.9. The normalized spacial score (nSPS) is 14.6. The Morgan fingerprint density at radius 1 is 1.12 bits per heavy atom. The molecule has 0 spiro atoms. The number of nitrogens with zero attached hydrogens (tertiary/aromatic N) is 1. The molecule has 172 valence electrons. The highest BCUT2D eigenvalue weighted by Gasteiger charge is 2.31. The zero-order valence-electron chi connectivity index (χ0n) is 18.1. The van der Waals surface area contributed by atoms with Gasteiger partial charge in [-0.1, -0.05) is 42.9 Å². The van der Waals surface area contributed by atoms with Crippen molar-refractivity contribution in [3.63, 3.8) is 0 Å². The lowest BCUT2D eigenvalue weighted by molar-refractivity contribution is -0.116. The van der Waals surface area contributed by atoms with Crippen molar-refractivity contribution in [3.8, 4) is 5.75 Å². The number of thioether (sulfide) groups is 1. The van der Waals surface area contributed by atoms with Crippen molar-refractivity contribution in [3.05, 3.63) is 64.6 Å². The Morgan fingerprint density at radius 3 is 2.55 bits per heavy atom. The largest absolute Gasteiger partial charge is 0.497 e. The first-order valence-corrected chi connectivity index (χ1v) is 11.6. The molecule has 1 aliphatic heterocycles. The molecule has 1 saturated heterocycles. The van der Waals surface area contributed by atoms with Crippen LogP contribution in [0.2, 0.25) is 0 Å². The number of hydrogen-bond donors (Lipinski definition) is 2. The predicted molar refractivity (Wildman–Crippen MR) is 134 cm³/mol. The average Bonchev–Trinajstić information content (AvgIpc) is 3.06. The number of rotatable bonds is 10. The number of hydrogen-bond acceptors (Lipinski definition) is 6. The average molecular weight is 485 g/mol. The molecular weight excluding hydrogens is 460 g/mol. The summed E-state index contributed by atoms with van der Waals surface area (Å²) in [7, 11) is 1.61. The van der Waals surface area contributed by atoms with Gasteiger partial charge in [0.1, 0.15) is 10.7 Å². The first-order valence-electron chi connectivity index (χ1n) is 10.4. The fourth-order valence-electron chi connectivity index (χ4n) is 3.27. The summed E-state index contributed by atoms with van der Waals surface area (Å²) in [6.45, 7) is 0.494. The van der Waals surface area contributed by atoms with Crippen molar-refractivity contribution in [2.24, 2.45) is 0 Å². The smallest absolute Gasteiger partial charge is 0.337 e. The van der Waals surface area contributed by atoms with Gasteiger partial charge >= 0.3 is 5.97 Å². The Morgan fingerprint density at radius 2 is 1.85 bits per heavy atom. The summed E-state index contributed by atoms with van der Waals surface area (Å²) < 4.78 is 5.15. The molecule has 9 heteroatoms. The van der Waals surface area contributed by atoms with Gasteiger partial charge in [0.2, 0.25) is 5.91 Å². The summed E-state index contributed by atoms with van der Waals surface area (Å²) >= 11 is 6.62. The minimum atomic E-state index is -1.09. The third kappa shape index (κ3) is 6.66. The van der Waals surface area contributed by atoms with Crippen LogP contribution in [0.3, 0.4) is 0 Å². The molecule has 1 heterocycles. The van der Waals surface area contributed by atoms with E-state index in [0.29, 0.717) is 24.4 Å². The molecule has 0 unspecified atom stereocenters. The van der Waals surface area contributed by atoms with Crippen LogP contribution in [-0.2, 0) is 4.79 Å². The minimum Gasteiger partial charge on any atom is -0.497 e. The molecule has 1 aliphatic rings. The van der Waals surface area contributed by atoms with E-state index < -0.39 is 5.97 Å². The van der Waals surface area contributed by atoms with E-state index in [9.17, 15) is 19.5 Å². The summed E-state index contributed by atoms with van der Waals surface area (Å²) in [5.74, 6) is -0.566. The van der Waals surface area contributed by atoms with Crippen molar-refractivity contribution < 1.29 is 24.2 Å². The van der Waals surface area contributed by atoms with Crippen molar-refractivity contribution in [1.82, 2.24) is 4.90 Å². The van der Waals surface area contributed by atoms with Crippen LogP contribution in [0.4, 0.5) is 10.5 Å². The third-order valence-corrected chi connectivity index (χ3v) is 6.50. The molecule has 0 atom stereocenters. The van der Waals surface area contributed by atoms with Gasteiger partial charge in [-0.3, -0.25) is 14.5 Å². The van der Waals surface area contributed by atoms with Gasteiger partial charge in [0.15, 0.2) is 0 Å². The Bertz CT molecular complexity index is 1080. The molecule has 33 heavy (non-hydrogen) atoms. The summed E-state index contributed by atoms with van der Waals surface area (Å²) in [4.78, 5) is 38.6. The molecule has 0 aromatic heterocycles. The third-order valence-electron chi connectivity index (χ3n) is 5.00. The van der Waals surface area contributed by atoms with Crippen LogP contribution in [0.5, 0.6) is 5.75 Å².